The fourth-order valence-corrected chi connectivity index (χ4v) is 3.20. The first-order valence-electron chi connectivity index (χ1n) is 8.87. The number of ketones is 1. The second-order valence-electron chi connectivity index (χ2n) is 6.49. The summed E-state index contributed by atoms with van der Waals surface area (Å²) in [5.41, 5.74) is 6.03. The fourth-order valence-electron chi connectivity index (χ4n) is 3.20. The molecule has 1 nitrogen and oxygen atoms in total. The fraction of sp³-hybridized carbons (Fsp3) is 0. The summed E-state index contributed by atoms with van der Waals surface area (Å²) < 4.78 is 0. The molecule has 0 amide bonds. The van der Waals surface area contributed by atoms with Crippen LogP contribution in [0.4, 0.5) is 0 Å². The van der Waals surface area contributed by atoms with Gasteiger partial charge in [-0.15, -0.1) is 0 Å². The van der Waals surface area contributed by atoms with Crippen molar-refractivity contribution in [3.8, 4) is 22.3 Å². The van der Waals surface area contributed by atoms with Gasteiger partial charge in [0.1, 0.15) is 7.85 Å². The van der Waals surface area contributed by atoms with Crippen molar-refractivity contribution in [2.24, 2.45) is 0 Å². The minimum atomic E-state index is -0.0303. The maximum absolute atomic E-state index is 13.1. The van der Waals surface area contributed by atoms with Crippen LogP contribution in [0.3, 0.4) is 0 Å². The van der Waals surface area contributed by atoms with E-state index < -0.39 is 0 Å². The number of hydrogen-bond donors (Lipinski definition) is 0. The lowest BCUT2D eigenvalue weighted by Gasteiger charge is -2.11. The van der Waals surface area contributed by atoms with Crippen LogP contribution in [0.5, 0.6) is 0 Å². The third-order valence-electron chi connectivity index (χ3n) is 4.56. The topological polar surface area (TPSA) is 17.1 Å². The van der Waals surface area contributed by atoms with Crippen molar-refractivity contribution in [2.75, 3.05) is 0 Å². The molecule has 0 saturated heterocycles. The van der Waals surface area contributed by atoms with Crippen LogP contribution >= 0.6 is 0 Å². The zero-order valence-corrected chi connectivity index (χ0v) is 14.8. The van der Waals surface area contributed by atoms with E-state index in [0.717, 1.165) is 22.3 Å². The molecule has 2 radical (unpaired) electrons. The van der Waals surface area contributed by atoms with Gasteiger partial charge < -0.3 is 0 Å². The zero-order chi connectivity index (χ0) is 18.6. The van der Waals surface area contributed by atoms with E-state index in [1.165, 1.54) is 0 Å². The molecule has 0 spiro atoms. The lowest BCUT2D eigenvalue weighted by molar-refractivity contribution is 0.103. The van der Waals surface area contributed by atoms with Gasteiger partial charge in [0, 0.05) is 11.1 Å². The quantitative estimate of drug-likeness (QED) is 0.374. The van der Waals surface area contributed by atoms with Gasteiger partial charge in [-0.25, -0.2) is 0 Å². The van der Waals surface area contributed by atoms with Crippen LogP contribution in [-0.2, 0) is 0 Å². The second kappa shape index (κ2) is 7.47. The standard InChI is InChI=1S/C25H17BO/c26-24-13-7-12-20(17-24)25(27)23-15-21(18-8-3-1-4-9-18)14-22(16-23)19-10-5-2-6-11-19/h1-17H. The predicted molar refractivity (Wildman–Crippen MR) is 113 cm³/mol. The van der Waals surface area contributed by atoms with Crippen LogP contribution in [0, 0.1) is 0 Å². The van der Waals surface area contributed by atoms with Gasteiger partial charge in [0.05, 0.1) is 0 Å². The molecule has 0 N–H and O–H groups in total. The summed E-state index contributed by atoms with van der Waals surface area (Å²) in [5, 5.41) is 0. The molecular formula is C25H17BO. The minimum absolute atomic E-state index is 0.0303. The molecule has 4 rings (SSSR count). The van der Waals surface area contributed by atoms with E-state index in [-0.39, 0.29) is 5.78 Å². The molecule has 27 heavy (non-hydrogen) atoms. The Hall–Kier alpha value is -3.39. The largest absolute Gasteiger partial charge is 0.289 e. The van der Waals surface area contributed by atoms with E-state index in [1.807, 2.05) is 54.6 Å². The van der Waals surface area contributed by atoms with E-state index in [1.54, 1.807) is 18.2 Å². The van der Waals surface area contributed by atoms with Crippen LogP contribution in [0.1, 0.15) is 15.9 Å². The molecule has 126 valence electrons. The van der Waals surface area contributed by atoms with E-state index in [9.17, 15) is 4.79 Å². The first-order chi connectivity index (χ1) is 13.2. The Labute approximate surface area is 160 Å². The minimum Gasteiger partial charge on any atom is -0.289 e. The lowest BCUT2D eigenvalue weighted by Crippen LogP contribution is -2.08. The van der Waals surface area contributed by atoms with Gasteiger partial charge in [-0.3, -0.25) is 4.79 Å². The van der Waals surface area contributed by atoms with Crippen molar-refractivity contribution in [3.05, 3.63) is 114 Å². The predicted octanol–water partition coefficient (Wildman–Crippen LogP) is 5.05. The molecular weight excluding hydrogens is 327 g/mol. The van der Waals surface area contributed by atoms with Crippen molar-refractivity contribution >= 4 is 19.1 Å². The Morgan fingerprint density at radius 2 is 1.07 bits per heavy atom. The average molecular weight is 344 g/mol. The maximum atomic E-state index is 13.1. The van der Waals surface area contributed by atoms with Crippen molar-refractivity contribution in [2.45, 2.75) is 0 Å². The Balaban J connectivity index is 1.87. The average Bonchev–Trinajstić information content (AvgIpc) is 2.74. The van der Waals surface area contributed by atoms with Crippen molar-refractivity contribution in [1.82, 2.24) is 0 Å². The van der Waals surface area contributed by atoms with Gasteiger partial charge in [0.15, 0.2) is 5.78 Å². The molecule has 4 aromatic carbocycles. The zero-order valence-electron chi connectivity index (χ0n) is 14.8. The maximum Gasteiger partial charge on any atom is 0.193 e. The van der Waals surface area contributed by atoms with Gasteiger partial charge in [-0.05, 0) is 40.5 Å². The van der Waals surface area contributed by atoms with Crippen molar-refractivity contribution < 1.29 is 4.79 Å². The van der Waals surface area contributed by atoms with Crippen LogP contribution in [0.15, 0.2) is 103 Å². The molecule has 4 aromatic rings. The van der Waals surface area contributed by atoms with Crippen LogP contribution in [0.25, 0.3) is 22.3 Å². The summed E-state index contributed by atoms with van der Waals surface area (Å²) >= 11 is 0. The molecule has 0 fully saturated rings. The molecule has 0 bridgehead atoms. The van der Waals surface area contributed by atoms with Gasteiger partial charge in [0.25, 0.3) is 0 Å². The number of carbonyl (C=O) groups excluding carboxylic acids is 1. The second-order valence-corrected chi connectivity index (χ2v) is 6.49. The first kappa shape index (κ1) is 17.1. The molecule has 0 aliphatic carbocycles. The van der Waals surface area contributed by atoms with Gasteiger partial charge in [-0.2, -0.15) is 0 Å². The summed E-state index contributed by atoms with van der Waals surface area (Å²) in [4.78, 5) is 13.1. The Bertz CT molecular complexity index is 1030. The summed E-state index contributed by atoms with van der Waals surface area (Å²) in [6.45, 7) is 0. The third kappa shape index (κ3) is 3.75. The van der Waals surface area contributed by atoms with E-state index in [2.05, 4.69) is 30.3 Å². The first-order valence-corrected chi connectivity index (χ1v) is 8.87. The molecule has 0 unspecified atom stereocenters. The monoisotopic (exact) mass is 344 g/mol. The highest BCUT2D eigenvalue weighted by Crippen LogP contribution is 2.29. The summed E-state index contributed by atoms with van der Waals surface area (Å²) in [7, 11) is 5.86. The van der Waals surface area contributed by atoms with E-state index in [4.69, 9.17) is 7.85 Å². The highest BCUT2D eigenvalue weighted by Gasteiger charge is 2.13. The van der Waals surface area contributed by atoms with Crippen molar-refractivity contribution in [3.63, 3.8) is 0 Å². The van der Waals surface area contributed by atoms with Gasteiger partial charge in [0.2, 0.25) is 0 Å². The molecule has 0 heterocycles. The number of benzene rings is 4. The highest BCUT2D eigenvalue weighted by atomic mass is 16.1. The lowest BCUT2D eigenvalue weighted by atomic mass is 9.90. The van der Waals surface area contributed by atoms with Crippen LogP contribution in [0.2, 0.25) is 0 Å². The van der Waals surface area contributed by atoms with E-state index in [0.29, 0.717) is 16.6 Å². The molecule has 0 aliphatic rings. The highest BCUT2D eigenvalue weighted by molar-refractivity contribution is 6.33. The smallest absolute Gasteiger partial charge is 0.193 e. The Morgan fingerprint density at radius 3 is 1.59 bits per heavy atom. The summed E-state index contributed by atoms with van der Waals surface area (Å²) in [6.07, 6.45) is 0. The van der Waals surface area contributed by atoms with Crippen LogP contribution < -0.4 is 5.46 Å². The van der Waals surface area contributed by atoms with Crippen molar-refractivity contribution in [1.29, 1.82) is 0 Å². The van der Waals surface area contributed by atoms with E-state index >= 15 is 0 Å². The SMILES string of the molecule is [B]c1cccc(C(=O)c2cc(-c3ccccc3)cc(-c3ccccc3)c2)c1. The van der Waals surface area contributed by atoms with Gasteiger partial charge >= 0.3 is 0 Å². The number of rotatable bonds is 4. The molecule has 0 aliphatic heterocycles. The van der Waals surface area contributed by atoms with Crippen LogP contribution in [-0.4, -0.2) is 13.6 Å². The van der Waals surface area contributed by atoms with Gasteiger partial charge in [-0.1, -0.05) is 90.4 Å². The third-order valence-corrected chi connectivity index (χ3v) is 4.56. The summed E-state index contributed by atoms with van der Waals surface area (Å²) in [5.74, 6) is -0.0303. The molecule has 0 atom stereocenters. The Kier molecular flexibility index (Phi) is 4.72. The Morgan fingerprint density at radius 1 is 0.519 bits per heavy atom. The molecule has 0 saturated carbocycles. The molecule has 2 heteroatoms. The summed E-state index contributed by atoms with van der Waals surface area (Å²) in [6, 6.07) is 33.4. The number of carbonyl (C=O) groups is 1. The number of hydrogen-bond acceptors (Lipinski definition) is 1. The molecule has 0 aromatic heterocycles. The normalized spacial score (nSPS) is 10.5.